The van der Waals surface area contributed by atoms with Gasteiger partial charge in [-0.25, -0.2) is 17.9 Å². The van der Waals surface area contributed by atoms with Gasteiger partial charge in [-0.2, -0.15) is 0 Å². The van der Waals surface area contributed by atoms with Gasteiger partial charge in [-0.15, -0.1) is 0 Å². The Hall–Kier alpha value is -2.91. The number of rotatable bonds is 10. The number of carbonyl (C=O) groups excluding carboxylic acids is 2. The van der Waals surface area contributed by atoms with Crippen LogP contribution in [0.5, 0.6) is 5.75 Å². The lowest BCUT2D eigenvalue weighted by atomic mass is 10.1. The summed E-state index contributed by atoms with van der Waals surface area (Å²) >= 11 is 0. The molecule has 0 saturated heterocycles. The minimum absolute atomic E-state index is 0.0229. The minimum atomic E-state index is -3.87. The zero-order valence-corrected chi connectivity index (χ0v) is 18.8. The van der Waals surface area contributed by atoms with Crippen molar-refractivity contribution in [3.8, 4) is 5.75 Å². The number of hydrogen-bond donors (Lipinski definition) is 2. The van der Waals surface area contributed by atoms with Crippen LogP contribution in [-0.2, 0) is 26.0 Å². The fraction of sp³-hybridized carbons (Fsp3) is 0.391. The molecular weight excluding hydrogens is 432 g/mol. The predicted molar refractivity (Wildman–Crippen MR) is 119 cm³/mol. The molecular formula is C23H28N2O6S. The van der Waals surface area contributed by atoms with Crippen molar-refractivity contribution >= 4 is 21.9 Å². The first-order chi connectivity index (χ1) is 15.4. The van der Waals surface area contributed by atoms with Gasteiger partial charge in [0.15, 0.2) is 6.61 Å². The Labute approximate surface area is 188 Å². The van der Waals surface area contributed by atoms with Gasteiger partial charge < -0.3 is 14.8 Å². The van der Waals surface area contributed by atoms with Crippen LogP contribution in [0.1, 0.15) is 41.6 Å². The Morgan fingerprint density at radius 1 is 1.06 bits per heavy atom. The van der Waals surface area contributed by atoms with Crippen molar-refractivity contribution < 1.29 is 27.5 Å². The third kappa shape index (κ3) is 6.54. The molecule has 2 aromatic rings. The summed E-state index contributed by atoms with van der Waals surface area (Å²) < 4.78 is 38.6. The number of ether oxygens (including phenoxy) is 2. The van der Waals surface area contributed by atoms with Gasteiger partial charge in [0, 0.05) is 12.6 Å². The number of hydrogen-bond acceptors (Lipinski definition) is 6. The molecule has 0 bridgehead atoms. The molecule has 8 nitrogen and oxygen atoms in total. The van der Waals surface area contributed by atoms with Crippen molar-refractivity contribution in [1.29, 1.82) is 0 Å². The SMILES string of the molecule is COc1ccc(C(=O)OCC(=O)NCCc2ccccc2)cc1S(=O)(=O)NC1CCCC1. The molecule has 32 heavy (non-hydrogen) atoms. The first-order valence-electron chi connectivity index (χ1n) is 10.6. The van der Waals surface area contributed by atoms with E-state index < -0.39 is 28.5 Å². The molecule has 0 atom stereocenters. The highest BCUT2D eigenvalue weighted by atomic mass is 32.2. The Bertz CT molecular complexity index is 1030. The summed E-state index contributed by atoms with van der Waals surface area (Å²) in [5, 5.41) is 2.69. The summed E-state index contributed by atoms with van der Waals surface area (Å²) in [6.07, 6.45) is 4.17. The lowest BCUT2D eigenvalue weighted by Gasteiger charge is -2.15. The van der Waals surface area contributed by atoms with Gasteiger partial charge in [0.2, 0.25) is 10.0 Å². The van der Waals surface area contributed by atoms with Crippen LogP contribution in [0.25, 0.3) is 0 Å². The van der Waals surface area contributed by atoms with E-state index in [0.717, 1.165) is 31.2 Å². The van der Waals surface area contributed by atoms with Crippen LogP contribution in [0.15, 0.2) is 53.4 Å². The Morgan fingerprint density at radius 3 is 2.47 bits per heavy atom. The first kappa shape index (κ1) is 23.7. The second-order valence-electron chi connectivity index (χ2n) is 7.63. The van der Waals surface area contributed by atoms with Gasteiger partial charge in [0.1, 0.15) is 10.6 Å². The van der Waals surface area contributed by atoms with Crippen LogP contribution in [0, 0.1) is 0 Å². The number of esters is 1. The molecule has 0 heterocycles. The van der Waals surface area contributed by atoms with Crippen LogP contribution in [0.2, 0.25) is 0 Å². The monoisotopic (exact) mass is 460 g/mol. The van der Waals surface area contributed by atoms with Crippen LogP contribution < -0.4 is 14.8 Å². The van der Waals surface area contributed by atoms with E-state index in [0.29, 0.717) is 13.0 Å². The van der Waals surface area contributed by atoms with Gasteiger partial charge in [0.05, 0.1) is 12.7 Å². The van der Waals surface area contributed by atoms with Gasteiger partial charge in [-0.05, 0) is 43.0 Å². The molecule has 2 aromatic carbocycles. The molecule has 0 spiro atoms. The molecule has 1 amide bonds. The molecule has 9 heteroatoms. The van der Waals surface area contributed by atoms with Crippen molar-refractivity contribution in [2.75, 3.05) is 20.3 Å². The number of sulfonamides is 1. The van der Waals surface area contributed by atoms with E-state index >= 15 is 0 Å². The average Bonchev–Trinajstić information content (AvgIpc) is 3.30. The van der Waals surface area contributed by atoms with Crippen molar-refractivity contribution in [3.63, 3.8) is 0 Å². The average molecular weight is 461 g/mol. The maximum absolute atomic E-state index is 12.8. The number of methoxy groups -OCH3 is 1. The quantitative estimate of drug-likeness (QED) is 0.527. The van der Waals surface area contributed by atoms with Gasteiger partial charge >= 0.3 is 5.97 Å². The van der Waals surface area contributed by atoms with E-state index in [-0.39, 0.29) is 22.3 Å². The molecule has 172 valence electrons. The van der Waals surface area contributed by atoms with E-state index in [1.807, 2.05) is 30.3 Å². The third-order valence-corrected chi connectivity index (χ3v) is 6.82. The molecule has 1 saturated carbocycles. The van der Waals surface area contributed by atoms with E-state index in [1.54, 1.807) is 0 Å². The Morgan fingerprint density at radius 2 is 1.78 bits per heavy atom. The highest BCUT2D eigenvalue weighted by Gasteiger charge is 2.27. The predicted octanol–water partition coefficient (Wildman–Crippen LogP) is 2.43. The molecule has 1 fully saturated rings. The molecule has 0 aliphatic heterocycles. The molecule has 0 radical (unpaired) electrons. The molecule has 0 unspecified atom stereocenters. The number of amides is 1. The van der Waals surface area contributed by atoms with Crippen molar-refractivity contribution in [2.45, 2.75) is 43.0 Å². The zero-order chi connectivity index (χ0) is 23.0. The topological polar surface area (TPSA) is 111 Å². The highest BCUT2D eigenvalue weighted by Crippen LogP contribution is 2.27. The normalized spacial score (nSPS) is 14.2. The fourth-order valence-corrected chi connectivity index (χ4v) is 5.10. The first-order valence-corrected chi connectivity index (χ1v) is 12.1. The van der Waals surface area contributed by atoms with E-state index in [1.165, 1.54) is 25.3 Å². The number of nitrogens with one attached hydrogen (secondary N) is 2. The summed E-state index contributed by atoms with van der Waals surface area (Å²) in [4.78, 5) is 24.3. The molecule has 1 aliphatic carbocycles. The summed E-state index contributed by atoms with van der Waals surface area (Å²) in [7, 11) is -2.51. The molecule has 0 aromatic heterocycles. The van der Waals surface area contributed by atoms with Gasteiger partial charge in [-0.1, -0.05) is 43.2 Å². The second kappa shape index (κ2) is 11.1. The second-order valence-corrected chi connectivity index (χ2v) is 9.31. The maximum atomic E-state index is 12.8. The number of benzene rings is 2. The highest BCUT2D eigenvalue weighted by molar-refractivity contribution is 7.89. The fourth-order valence-electron chi connectivity index (χ4n) is 3.60. The van der Waals surface area contributed by atoms with Crippen molar-refractivity contribution in [2.24, 2.45) is 0 Å². The van der Waals surface area contributed by atoms with Crippen LogP contribution >= 0.6 is 0 Å². The third-order valence-electron chi connectivity index (χ3n) is 5.28. The largest absolute Gasteiger partial charge is 0.495 e. The summed E-state index contributed by atoms with van der Waals surface area (Å²) in [6.45, 7) is -0.0414. The summed E-state index contributed by atoms with van der Waals surface area (Å²) in [5.41, 5.74) is 1.11. The van der Waals surface area contributed by atoms with Gasteiger partial charge in [0.25, 0.3) is 5.91 Å². The van der Waals surface area contributed by atoms with E-state index in [9.17, 15) is 18.0 Å². The summed E-state index contributed by atoms with van der Waals surface area (Å²) in [6, 6.07) is 13.6. The lowest BCUT2D eigenvalue weighted by molar-refractivity contribution is -0.124. The minimum Gasteiger partial charge on any atom is -0.495 e. The van der Waals surface area contributed by atoms with Gasteiger partial charge in [-0.3, -0.25) is 4.79 Å². The summed E-state index contributed by atoms with van der Waals surface area (Å²) in [5.74, 6) is -1.09. The smallest absolute Gasteiger partial charge is 0.338 e. The number of carbonyl (C=O) groups is 2. The Balaban J connectivity index is 1.57. The van der Waals surface area contributed by atoms with Crippen molar-refractivity contribution in [1.82, 2.24) is 10.0 Å². The lowest BCUT2D eigenvalue weighted by Crippen LogP contribution is -2.33. The standard InChI is InChI=1S/C23H28N2O6S/c1-30-20-12-11-18(15-21(20)32(28,29)25-19-9-5-6-10-19)23(27)31-16-22(26)24-14-13-17-7-3-2-4-8-17/h2-4,7-8,11-12,15,19,25H,5-6,9-10,13-14,16H2,1H3,(H,24,26). The molecule has 1 aliphatic rings. The molecule has 3 rings (SSSR count). The maximum Gasteiger partial charge on any atom is 0.338 e. The van der Waals surface area contributed by atoms with E-state index in [2.05, 4.69) is 10.0 Å². The van der Waals surface area contributed by atoms with Crippen LogP contribution in [0.3, 0.4) is 0 Å². The van der Waals surface area contributed by atoms with E-state index in [4.69, 9.17) is 9.47 Å². The zero-order valence-electron chi connectivity index (χ0n) is 18.0. The molecule has 2 N–H and O–H groups in total. The van der Waals surface area contributed by atoms with Crippen LogP contribution in [-0.4, -0.2) is 46.6 Å². The van der Waals surface area contributed by atoms with Crippen LogP contribution in [0.4, 0.5) is 0 Å². The Kier molecular flexibility index (Phi) is 8.24. The van der Waals surface area contributed by atoms with Crippen molar-refractivity contribution in [3.05, 3.63) is 59.7 Å².